The molecule has 0 saturated carbocycles. The number of aromatic nitrogens is 1. The Morgan fingerprint density at radius 3 is 2.79 bits per heavy atom. The van der Waals surface area contributed by atoms with Gasteiger partial charge in [0.15, 0.2) is 0 Å². The Morgan fingerprint density at radius 2 is 2.16 bits per heavy atom. The number of aryl methyl sites for hydroxylation is 2. The number of hydrogen-bond acceptors (Lipinski definition) is 2. The Hall–Kier alpha value is -1.82. The Kier molecular flexibility index (Phi) is 4.21. The van der Waals surface area contributed by atoms with E-state index in [1.165, 1.54) is 24.8 Å². The Labute approximate surface area is 114 Å². The molecule has 0 radical (unpaired) electrons. The van der Waals surface area contributed by atoms with Gasteiger partial charge in [0.1, 0.15) is 11.6 Å². The Balaban J connectivity index is 2.23. The average molecular weight is 256 g/mol. The van der Waals surface area contributed by atoms with E-state index in [9.17, 15) is 4.79 Å². The molecule has 0 N–H and O–H groups in total. The minimum absolute atomic E-state index is 0.142. The number of rotatable bonds is 3. The second-order valence-corrected chi connectivity index (χ2v) is 5.27. The molecule has 100 valence electrons. The van der Waals surface area contributed by atoms with E-state index in [1.54, 1.807) is 4.57 Å². The molecule has 0 amide bonds. The van der Waals surface area contributed by atoms with Gasteiger partial charge in [-0.3, -0.25) is 4.79 Å². The van der Waals surface area contributed by atoms with Crippen molar-refractivity contribution in [2.24, 2.45) is 0 Å². The maximum absolute atomic E-state index is 12.2. The van der Waals surface area contributed by atoms with Crippen molar-refractivity contribution in [3.63, 3.8) is 0 Å². The van der Waals surface area contributed by atoms with Crippen molar-refractivity contribution in [2.75, 3.05) is 0 Å². The fraction of sp³-hybridized carbons (Fsp3) is 0.500. The molecule has 1 aromatic rings. The molecule has 2 rings (SSSR count). The average Bonchev–Trinajstić information content (AvgIpc) is 2.39. The van der Waals surface area contributed by atoms with Crippen molar-refractivity contribution in [1.82, 2.24) is 4.57 Å². The Morgan fingerprint density at radius 1 is 1.37 bits per heavy atom. The molecular weight excluding hydrogens is 236 g/mol. The standard InChI is InChI=1S/C16H20N2O/c1-12-10-13(2)18(16(19)15(12)11-17)9-8-14-6-4-3-5-7-14/h6,10H,3-5,7-9H2,1-2H3. The molecule has 0 saturated heterocycles. The summed E-state index contributed by atoms with van der Waals surface area (Å²) in [5, 5.41) is 9.06. The lowest BCUT2D eigenvalue weighted by Gasteiger charge is -2.15. The van der Waals surface area contributed by atoms with Gasteiger partial charge in [0, 0.05) is 12.2 Å². The largest absolute Gasteiger partial charge is 0.311 e. The second-order valence-electron chi connectivity index (χ2n) is 5.27. The first-order chi connectivity index (χ1) is 9.13. The fourth-order valence-corrected chi connectivity index (χ4v) is 2.73. The third-order valence-corrected chi connectivity index (χ3v) is 3.86. The van der Waals surface area contributed by atoms with Gasteiger partial charge in [-0.25, -0.2) is 0 Å². The molecule has 0 bridgehead atoms. The molecule has 3 heteroatoms. The zero-order valence-corrected chi connectivity index (χ0v) is 11.7. The summed E-state index contributed by atoms with van der Waals surface area (Å²) < 4.78 is 1.74. The molecule has 0 aliphatic heterocycles. The van der Waals surface area contributed by atoms with Gasteiger partial charge in [-0.05, 0) is 57.6 Å². The van der Waals surface area contributed by atoms with Crippen LogP contribution in [0.2, 0.25) is 0 Å². The van der Waals surface area contributed by atoms with E-state index < -0.39 is 0 Å². The summed E-state index contributed by atoms with van der Waals surface area (Å²) in [5.41, 5.74) is 3.31. The van der Waals surface area contributed by atoms with E-state index in [1.807, 2.05) is 26.0 Å². The molecular formula is C16H20N2O. The van der Waals surface area contributed by atoms with E-state index in [0.29, 0.717) is 6.54 Å². The number of hydrogen-bond donors (Lipinski definition) is 0. The zero-order valence-electron chi connectivity index (χ0n) is 11.7. The van der Waals surface area contributed by atoms with Crippen molar-refractivity contribution in [2.45, 2.75) is 52.5 Å². The molecule has 1 aliphatic rings. The predicted octanol–water partition coefficient (Wildman–Crippen LogP) is 3.23. The summed E-state index contributed by atoms with van der Waals surface area (Å²) in [6.45, 7) is 4.44. The lowest BCUT2D eigenvalue weighted by Crippen LogP contribution is -2.26. The molecule has 0 spiro atoms. The third-order valence-electron chi connectivity index (χ3n) is 3.86. The molecule has 0 fully saturated rings. The van der Waals surface area contributed by atoms with Crippen molar-refractivity contribution in [1.29, 1.82) is 5.26 Å². The van der Waals surface area contributed by atoms with E-state index in [0.717, 1.165) is 24.1 Å². The zero-order chi connectivity index (χ0) is 13.8. The highest BCUT2D eigenvalue weighted by Gasteiger charge is 2.11. The number of nitriles is 1. The van der Waals surface area contributed by atoms with E-state index in [2.05, 4.69) is 6.08 Å². The maximum Gasteiger partial charge on any atom is 0.268 e. The lowest BCUT2D eigenvalue weighted by molar-refractivity contribution is 0.602. The van der Waals surface area contributed by atoms with Crippen LogP contribution in [-0.2, 0) is 6.54 Å². The molecule has 1 aliphatic carbocycles. The molecule has 1 heterocycles. The van der Waals surface area contributed by atoms with Gasteiger partial charge in [-0.2, -0.15) is 5.26 Å². The van der Waals surface area contributed by atoms with Crippen molar-refractivity contribution < 1.29 is 0 Å². The smallest absolute Gasteiger partial charge is 0.268 e. The second kappa shape index (κ2) is 5.88. The summed E-state index contributed by atoms with van der Waals surface area (Å²) in [5.74, 6) is 0. The number of allylic oxidation sites excluding steroid dienone is 2. The molecule has 1 aromatic heterocycles. The van der Waals surface area contributed by atoms with Gasteiger partial charge in [-0.15, -0.1) is 0 Å². The first-order valence-corrected chi connectivity index (χ1v) is 6.92. The van der Waals surface area contributed by atoms with E-state index in [4.69, 9.17) is 5.26 Å². The van der Waals surface area contributed by atoms with Crippen molar-refractivity contribution in [3.8, 4) is 6.07 Å². The van der Waals surface area contributed by atoms with Crippen LogP contribution in [0.3, 0.4) is 0 Å². The molecule has 0 atom stereocenters. The van der Waals surface area contributed by atoms with Crippen LogP contribution in [0.5, 0.6) is 0 Å². The first-order valence-electron chi connectivity index (χ1n) is 6.92. The number of pyridine rings is 1. The van der Waals surface area contributed by atoms with Crippen LogP contribution in [0, 0.1) is 25.2 Å². The van der Waals surface area contributed by atoms with E-state index >= 15 is 0 Å². The minimum Gasteiger partial charge on any atom is -0.311 e. The van der Waals surface area contributed by atoms with Crippen LogP contribution in [0.4, 0.5) is 0 Å². The SMILES string of the molecule is Cc1cc(C)n(CCC2=CCCCC2)c(=O)c1C#N. The fourth-order valence-electron chi connectivity index (χ4n) is 2.73. The highest BCUT2D eigenvalue weighted by molar-refractivity contribution is 5.36. The maximum atomic E-state index is 12.2. The highest BCUT2D eigenvalue weighted by atomic mass is 16.1. The van der Waals surface area contributed by atoms with Crippen LogP contribution in [0.15, 0.2) is 22.5 Å². The van der Waals surface area contributed by atoms with Crippen LogP contribution < -0.4 is 5.56 Å². The molecule has 3 nitrogen and oxygen atoms in total. The number of nitrogens with zero attached hydrogens (tertiary/aromatic N) is 2. The van der Waals surface area contributed by atoms with Crippen LogP contribution in [-0.4, -0.2) is 4.57 Å². The van der Waals surface area contributed by atoms with Gasteiger partial charge in [0.2, 0.25) is 0 Å². The van der Waals surface area contributed by atoms with Gasteiger partial charge in [0.25, 0.3) is 5.56 Å². The molecule has 0 unspecified atom stereocenters. The van der Waals surface area contributed by atoms with Gasteiger partial charge >= 0.3 is 0 Å². The van der Waals surface area contributed by atoms with Crippen LogP contribution in [0.25, 0.3) is 0 Å². The molecule has 19 heavy (non-hydrogen) atoms. The summed E-state index contributed by atoms with van der Waals surface area (Å²) in [4.78, 5) is 12.2. The summed E-state index contributed by atoms with van der Waals surface area (Å²) in [6, 6.07) is 3.95. The van der Waals surface area contributed by atoms with Gasteiger partial charge in [0.05, 0.1) is 0 Å². The first kappa shape index (κ1) is 13.6. The predicted molar refractivity (Wildman–Crippen MR) is 76.1 cm³/mol. The molecule has 0 aromatic carbocycles. The topological polar surface area (TPSA) is 45.8 Å². The summed E-state index contributed by atoms with van der Waals surface area (Å²) >= 11 is 0. The minimum atomic E-state index is -0.142. The van der Waals surface area contributed by atoms with Crippen molar-refractivity contribution >= 4 is 0 Å². The van der Waals surface area contributed by atoms with Gasteiger partial charge < -0.3 is 4.57 Å². The summed E-state index contributed by atoms with van der Waals surface area (Å²) in [6.07, 6.45) is 8.10. The Bertz CT molecular complexity index is 602. The monoisotopic (exact) mass is 256 g/mol. The highest BCUT2D eigenvalue weighted by Crippen LogP contribution is 2.20. The quantitative estimate of drug-likeness (QED) is 0.779. The van der Waals surface area contributed by atoms with Crippen LogP contribution >= 0.6 is 0 Å². The van der Waals surface area contributed by atoms with Crippen LogP contribution in [0.1, 0.15) is 48.9 Å². The lowest BCUT2D eigenvalue weighted by atomic mass is 9.97. The third kappa shape index (κ3) is 2.96. The van der Waals surface area contributed by atoms with E-state index in [-0.39, 0.29) is 11.1 Å². The van der Waals surface area contributed by atoms with Crippen molar-refractivity contribution in [3.05, 3.63) is 44.9 Å². The normalized spacial score (nSPS) is 14.9. The van der Waals surface area contributed by atoms with Gasteiger partial charge in [-0.1, -0.05) is 11.6 Å². The summed E-state index contributed by atoms with van der Waals surface area (Å²) in [7, 11) is 0.